The van der Waals surface area contributed by atoms with E-state index in [0.29, 0.717) is 0 Å². The van der Waals surface area contributed by atoms with Crippen molar-refractivity contribution in [3.8, 4) is 17.2 Å². The first-order chi connectivity index (χ1) is 17.0. The highest BCUT2D eigenvalue weighted by Crippen LogP contribution is 2.34. The molecule has 0 saturated heterocycles. The van der Waals surface area contributed by atoms with Gasteiger partial charge in [-0.1, -0.05) is 6.07 Å². The van der Waals surface area contributed by atoms with Crippen LogP contribution in [0.1, 0.15) is 26.3 Å². The van der Waals surface area contributed by atoms with Crippen LogP contribution in [0.3, 0.4) is 0 Å². The largest absolute Gasteiger partial charge is 0.494 e. The molecule has 0 aliphatic carbocycles. The molecule has 0 unspecified atom stereocenters. The molecule has 192 valence electrons. The first kappa shape index (κ1) is 26.4. The van der Waals surface area contributed by atoms with Crippen LogP contribution in [0.4, 0.5) is 35.3 Å². The molecule has 1 aromatic heterocycles. The van der Waals surface area contributed by atoms with Gasteiger partial charge in [0.1, 0.15) is 23.7 Å². The third kappa shape index (κ3) is 5.70. The van der Waals surface area contributed by atoms with Crippen LogP contribution in [0.2, 0.25) is 0 Å². The van der Waals surface area contributed by atoms with Crippen molar-refractivity contribution in [3.63, 3.8) is 0 Å². The number of carbonyl (C=O) groups is 1. The molecule has 36 heavy (non-hydrogen) atoms. The van der Waals surface area contributed by atoms with Crippen LogP contribution in [0.25, 0.3) is 0 Å². The number of carbonyl (C=O) groups excluding carboxylic acids is 1. The summed E-state index contributed by atoms with van der Waals surface area (Å²) in [6.07, 6.45) is 1.31. The zero-order valence-electron chi connectivity index (χ0n) is 20.3. The number of hydrogen-bond acceptors (Lipinski definition) is 8. The van der Waals surface area contributed by atoms with E-state index in [1.807, 2.05) is 0 Å². The van der Waals surface area contributed by atoms with Crippen LogP contribution in [-0.4, -0.2) is 35.9 Å². The number of anilines is 3. The van der Waals surface area contributed by atoms with Crippen LogP contribution >= 0.6 is 0 Å². The summed E-state index contributed by atoms with van der Waals surface area (Å²) in [7, 11) is 2.46. The Morgan fingerprint density at radius 1 is 1.03 bits per heavy atom. The van der Waals surface area contributed by atoms with Crippen molar-refractivity contribution >= 4 is 23.4 Å². The second kappa shape index (κ2) is 10.6. The van der Waals surface area contributed by atoms with Crippen LogP contribution in [0.5, 0.6) is 17.2 Å². The molecule has 0 aliphatic heterocycles. The van der Waals surface area contributed by atoms with Crippen molar-refractivity contribution in [2.24, 2.45) is 0 Å². The van der Waals surface area contributed by atoms with Gasteiger partial charge in [-0.25, -0.2) is 32.8 Å². The predicted octanol–water partition coefficient (Wildman–Crippen LogP) is 5.15. The van der Waals surface area contributed by atoms with Crippen molar-refractivity contribution in [1.29, 1.82) is 0 Å². The van der Waals surface area contributed by atoms with Crippen molar-refractivity contribution in [2.75, 3.05) is 24.9 Å². The minimum Gasteiger partial charge on any atom is -0.494 e. The first-order valence-electron chi connectivity index (χ1n) is 10.6. The number of rotatable bonds is 7. The summed E-state index contributed by atoms with van der Waals surface area (Å²) in [6.45, 7) is 4.36. The van der Waals surface area contributed by atoms with Gasteiger partial charge in [0.05, 0.1) is 37.9 Å². The maximum Gasteiger partial charge on any atom is 0.422 e. The zero-order chi connectivity index (χ0) is 26.6. The number of nitrogens with zero attached hydrogens (tertiary/aromatic N) is 3. The number of benzene rings is 2. The number of para-hydroxylation sites is 1. The number of hydrogen-bond donors (Lipinski definition) is 1. The summed E-state index contributed by atoms with van der Waals surface area (Å²) < 4.78 is 64.4. The van der Waals surface area contributed by atoms with Gasteiger partial charge < -0.3 is 24.7 Å². The van der Waals surface area contributed by atoms with Crippen LogP contribution < -0.4 is 24.8 Å². The zero-order valence-corrected chi connectivity index (χ0v) is 20.3. The Bertz CT molecular complexity index is 1200. The fraction of sp³-hybridized carbons (Fsp3) is 0.292. The number of halogens is 3. The van der Waals surface area contributed by atoms with Gasteiger partial charge in [-0.2, -0.15) is 0 Å². The van der Waals surface area contributed by atoms with E-state index in [-0.39, 0.29) is 34.6 Å². The molecule has 3 rings (SSSR count). The molecule has 0 bridgehead atoms. The predicted molar refractivity (Wildman–Crippen MR) is 125 cm³/mol. The number of aromatic nitrogens is 2. The van der Waals surface area contributed by atoms with Crippen molar-refractivity contribution < 1.29 is 36.9 Å². The lowest BCUT2D eigenvalue weighted by Gasteiger charge is -2.27. The summed E-state index contributed by atoms with van der Waals surface area (Å²) in [5.74, 6) is -3.44. The van der Waals surface area contributed by atoms with Gasteiger partial charge in [0.2, 0.25) is 5.95 Å². The summed E-state index contributed by atoms with van der Waals surface area (Å²) in [6, 6.07) is 4.97. The fourth-order valence-corrected chi connectivity index (χ4v) is 3.07. The van der Waals surface area contributed by atoms with Gasteiger partial charge in [-0.05, 0) is 32.9 Å². The van der Waals surface area contributed by atoms with E-state index in [2.05, 4.69) is 9.97 Å². The molecule has 2 N–H and O–H groups in total. The Hall–Kier alpha value is -4.22. The van der Waals surface area contributed by atoms with Crippen molar-refractivity contribution in [3.05, 3.63) is 59.7 Å². The molecular formula is C24H25F3N4O5. The maximum absolute atomic E-state index is 14.7. The monoisotopic (exact) mass is 506 g/mol. The molecule has 0 fully saturated rings. The molecule has 0 atom stereocenters. The normalized spacial score (nSPS) is 11.1. The quantitative estimate of drug-likeness (QED) is 0.439. The lowest BCUT2D eigenvalue weighted by atomic mass is 10.1. The van der Waals surface area contributed by atoms with E-state index in [0.717, 1.165) is 29.4 Å². The third-order valence-corrected chi connectivity index (χ3v) is 4.68. The van der Waals surface area contributed by atoms with Crippen LogP contribution in [-0.2, 0) is 11.3 Å². The third-order valence-electron chi connectivity index (χ3n) is 4.68. The molecule has 3 aromatic rings. The second-order valence-corrected chi connectivity index (χ2v) is 8.39. The molecule has 0 spiro atoms. The van der Waals surface area contributed by atoms with E-state index >= 15 is 0 Å². The minimum atomic E-state index is -0.972. The highest BCUT2D eigenvalue weighted by molar-refractivity contribution is 5.97. The summed E-state index contributed by atoms with van der Waals surface area (Å²) in [5, 5.41) is 0. The standard InChI is InChI=1S/C24H25F3N4O5/c1-24(2,3)36-23(32)31(21-15(25)7-6-8-16(21)28)22-29-10-13(11-30-22)35-12-14-19(26)17(33-4)9-18(34-5)20(14)27/h6-11H,12,28H2,1-5H3. The second-order valence-electron chi connectivity index (χ2n) is 8.39. The van der Waals surface area contributed by atoms with Gasteiger partial charge in [0, 0.05) is 6.07 Å². The molecular weight excluding hydrogens is 481 g/mol. The van der Waals surface area contributed by atoms with Gasteiger partial charge >= 0.3 is 6.09 Å². The van der Waals surface area contributed by atoms with Gasteiger partial charge in [-0.3, -0.25) is 0 Å². The molecule has 12 heteroatoms. The lowest BCUT2D eigenvalue weighted by molar-refractivity contribution is 0.0596. The number of amides is 1. The SMILES string of the molecule is COc1cc(OC)c(F)c(COc2cnc(N(C(=O)OC(C)(C)C)c3c(N)cccc3F)nc2)c1F. The molecule has 0 saturated carbocycles. The smallest absolute Gasteiger partial charge is 0.422 e. The van der Waals surface area contributed by atoms with E-state index in [1.54, 1.807) is 20.8 Å². The Kier molecular flexibility index (Phi) is 7.76. The van der Waals surface area contributed by atoms with Gasteiger partial charge in [0.25, 0.3) is 0 Å². The topological polar surface area (TPSA) is 109 Å². The van der Waals surface area contributed by atoms with E-state index in [1.165, 1.54) is 26.4 Å². The Labute approximate surface area is 205 Å². The fourth-order valence-electron chi connectivity index (χ4n) is 3.07. The maximum atomic E-state index is 14.7. The average molecular weight is 506 g/mol. The van der Waals surface area contributed by atoms with Crippen LogP contribution in [0, 0.1) is 17.5 Å². The number of nitrogens with two attached hydrogens (primary N) is 1. The summed E-state index contributed by atoms with van der Waals surface area (Å²) >= 11 is 0. The molecule has 2 aromatic carbocycles. The minimum absolute atomic E-state index is 0.00461. The first-order valence-corrected chi connectivity index (χ1v) is 10.6. The Morgan fingerprint density at radius 3 is 2.11 bits per heavy atom. The average Bonchev–Trinajstić information content (AvgIpc) is 2.81. The molecule has 9 nitrogen and oxygen atoms in total. The highest BCUT2D eigenvalue weighted by Gasteiger charge is 2.30. The number of methoxy groups -OCH3 is 2. The Balaban J connectivity index is 1.91. The summed E-state index contributed by atoms with van der Waals surface area (Å²) in [4.78, 5) is 21.8. The summed E-state index contributed by atoms with van der Waals surface area (Å²) in [5.41, 5.74) is 4.21. The molecule has 1 heterocycles. The lowest BCUT2D eigenvalue weighted by Crippen LogP contribution is -2.35. The van der Waals surface area contributed by atoms with E-state index < -0.39 is 41.3 Å². The molecule has 1 amide bonds. The molecule has 0 radical (unpaired) electrons. The van der Waals surface area contributed by atoms with Gasteiger partial charge in [-0.15, -0.1) is 0 Å². The number of nitrogen functional groups attached to an aromatic ring is 1. The Morgan fingerprint density at radius 2 is 1.61 bits per heavy atom. The molecule has 0 aliphatic rings. The van der Waals surface area contributed by atoms with Crippen molar-refractivity contribution in [2.45, 2.75) is 33.0 Å². The highest BCUT2D eigenvalue weighted by atomic mass is 19.1. The van der Waals surface area contributed by atoms with E-state index in [4.69, 9.17) is 24.7 Å². The number of ether oxygens (including phenoxy) is 4. The van der Waals surface area contributed by atoms with Crippen molar-refractivity contribution in [1.82, 2.24) is 9.97 Å². The van der Waals surface area contributed by atoms with Gasteiger partial charge in [0.15, 0.2) is 28.9 Å². The van der Waals surface area contributed by atoms with E-state index in [9.17, 15) is 18.0 Å². The van der Waals surface area contributed by atoms with Crippen LogP contribution in [0.15, 0.2) is 36.7 Å².